The maximum Gasteiger partial charge on any atom is 0.164 e. The Bertz CT molecular complexity index is 184. The molecule has 0 saturated carbocycles. The number of aliphatic hydroxyl groups excluding tert-OH is 1. The van der Waals surface area contributed by atoms with Gasteiger partial charge in [0.15, 0.2) is 5.78 Å². The van der Waals surface area contributed by atoms with E-state index < -0.39 is 12.0 Å². The summed E-state index contributed by atoms with van der Waals surface area (Å²) in [6, 6.07) is 0. The van der Waals surface area contributed by atoms with E-state index in [-0.39, 0.29) is 17.5 Å². The van der Waals surface area contributed by atoms with Crippen molar-refractivity contribution in [1.29, 1.82) is 0 Å². The molecule has 0 rings (SSSR count). The van der Waals surface area contributed by atoms with Gasteiger partial charge in [-0.3, -0.25) is 9.59 Å². The van der Waals surface area contributed by atoms with Gasteiger partial charge in [0, 0.05) is 11.8 Å². The molecule has 2 unspecified atom stereocenters. The molecule has 0 aromatic carbocycles. The first kappa shape index (κ1) is 11.3. The van der Waals surface area contributed by atoms with Crippen LogP contribution in [0.4, 0.5) is 0 Å². The fourth-order valence-electron chi connectivity index (χ4n) is 0.810. The second-order valence-corrected chi connectivity index (χ2v) is 3.40. The second kappa shape index (κ2) is 4.36. The molecule has 2 atom stereocenters. The van der Waals surface area contributed by atoms with Gasteiger partial charge in [0.2, 0.25) is 0 Å². The first-order valence-electron chi connectivity index (χ1n) is 4.10. The van der Waals surface area contributed by atoms with Gasteiger partial charge in [0.05, 0.1) is 0 Å². The standard InChI is InChI=1S/C9H16O3/c1-5(2)8(11)9(12)6(3)7(4)10/h5-6,9,12H,1-4H3. The molecule has 1 N–H and O–H groups in total. The van der Waals surface area contributed by atoms with Crippen LogP contribution in [-0.2, 0) is 9.59 Å². The zero-order chi connectivity index (χ0) is 9.89. The van der Waals surface area contributed by atoms with E-state index in [1.165, 1.54) is 6.92 Å². The van der Waals surface area contributed by atoms with E-state index in [1.807, 2.05) is 0 Å². The van der Waals surface area contributed by atoms with E-state index in [0.717, 1.165) is 0 Å². The lowest BCUT2D eigenvalue weighted by Crippen LogP contribution is -2.34. The Morgan fingerprint density at radius 1 is 1.17 bits per heavy atom. The molecule has 0 bridgehead atoms. The average Bonchev–Trinajstić information content (AvgIpc) is 2.00. The number of ketones is 2. The summed E-state index contributed by atoms with van der Waals surface area (Å²) in [6.07, 6.45) is -1.14. The maximum atomic E-state index is 11.2. The van der Waals surface area contributed by atoms with Crippen LogP contribution >= 0.6 is 0 Å². The van der Waals surface area contributed by atoms with Crippen molar-refractivity contribution in [1.82, 2.24) is 0 Å². The highest BCUT2D eigenvalue weighted by atomic mass is 16.3. The fraction of sp³-hybridized carbons (Fsp3) is 0.778. The van der Waals surface area contributed by atoms with Crippen LogP contribution in [0.15, 0.2) is 0 Å². The maximum absolute atomic E-state index is 11.2. The SMILES string of the molecule is CC(=O)C(C)C(O)C(=O)C(C)C. The lowest BCUT2D eigenvalue weighted by Gasteiger charge is -2.16. The van der Waals surface area contributed by atoms with E-state index >= 15 is 0 Å². The normalized spacial score (nSPS) is 15.8. The van der Waals surface area contributed by atoms with E-state index in [0.29, 0.717) is 0 Å². The lowest BCUT2D eigenvalue weighted by atomic mass is 9.92. The van der Waals surface area contributed by atoms with Crippen LogP contribution < -0.4 is 0 Å². The molecule has 0 aliphatic rings. The predicted molar refractivity (Wildman–Crippen MR) is 45.7 cm³/mol. The minimum absolute atomic E-state index is 0.156. The van der Waals surface area contributed by atoms with Crippen molar-refractivity contribution >= 4 is 11.6 Å². The van der Waals surface area contributed by atoms with E-state index in [2.05, 4.69) is 0 Å². The first-order valence-corrected chi connectivity index (χ1v) is 4.10. The summed E-state index contributed by atoms with van der Waals surface area (Å²) >= 11 is 0. The number of Topliss-reactive ketones (excluding diaryl/α,β-unsaturated/α-hetero) is 2. The lowest BCUT2D eigenvalue weighted by molar-refractivity contribution is -0.138. The third-order valence-corrected chi connectivity index (χ3v) is 1.98. The molecule has 0 amide bonds. The molecule has 0 spiro atoms. The molecule has 3 nitrogen and oxygen atoms in total. The van der Waals surface area contributed by atoms with Gasteiger partial charge in [-0.05, 0) is 6.92 Å². The Hall–Kier alpha value is -0.700. The number of hydrogen-bond acceptors (Lipinski definition) is 3. The zero-order valence-corrected chi connectivity index (χ0v) is 8.00. The summed E-state index contributed by atoms with van der Waals surface area (Å²) in [5.74, 6) is -1.23. The average molecular weight is 172 g/mol. The van der Waals surface area contributed by atoms with Crippen LogP contribution in [0.2, 0.25) is 0 Å². The van der Waals surface area contributed by atoms with Crippen LogP contribution in [0, 0.1) is 11.8 Å². The minimum atomic E-state index is -1.14. The third-order valence-electron chi connectivity index (χ3n) is 1.98. The number of rotatable bonds is 4. The summed E-state index contributed by atoms with van der Waals surface area (Å²) in [5.41, 5.74) is 0. The second-order valence-electron chi connectivity index (χ2n) is 3.40. The Balaban J connectivity index is 4.29. The fourth-order valence-corrected chi connectivity index (χ4v) is 0.810. The number of aliphatic hydroxyl groups is 1. The van der Waals surface area contributed by atoms with Crippen molar-refractivity contribution in [2.75, 3.05) is 0 Å². The highest BCUT2D eigenvalue weighted by Crippen LogP contribution is 2.10. The first-order chi connectivity index (χ1) is 5.37. The van der Waals surface area contributed by atoms with Gasteiger partial charge in [-0.25, -0.2) is 0 Å². The van der Waals surface area contributed by atoms with Gasteiger partial charge in [0.25, 0.3) is 0 Å². The molecule has 0 aliphatic carbocycles. The van der Waals surface area contributed by atoms with E-state index in [4.69, 9.17) is 0 Å². The van der Waals surface area contributed by atoms with Crippen LogP contribution in [0.3, 0.4) is 0 Å². The highest BCUT2D eigenvalue weighted by molar-refractivity contribution is 5.91. The molecule has 3 heteroatoms. The molecule has 0 aromatic rings. The topological polar surface area (TPSA) is 54.4 Å². The van der Waals surface area contributed by atoms with E-state index in [9.17, 15) is 14.7 Å². The summed E-state index contributed by atoms with van der Waals surface area (Å²) in [5, 5.41) is 9.36. The molecule has 0 aliphatic heterocycles. The molecule has 0 heterocycles. The van der Waals surface area contributed by atoms with Crippen molar-refractivity contribution in [3.63, 3.8) is 0 Å². The van der Waals surface area contributed by atoms with Crippen molar-refractivity contribution in [3.8, 4) is 0 Å². The molecular formula is C9H16O3. The van der Waals surface area contributed by atoms with Gasteiger partial charge in [0.1, 0.15) is 11.9 Å². The third kappa shape index (κ3) is 2.74. The van der Waals surface area contributed by atoms with Gasteiger partial charge in [-0.2, -0.15) is 0 Å². The van der Waals surface area contributed by atoms with Crippen LogP contribution in [0.5, 0.6) is 0 Å². The highest BCUT2D eigenvalue weighted by Gasteiger charge is 2.26. The summed E-state index contributed by atoms with van der Waals surface area (Å²) < 4.78 is 0. The van der Waals surface area contributed by atoms with Gasteiger partial charge in [-0.1, -0.05) is 20.8 Å². The Morgan fingerprint density at radius 2 is 1.58 bits per heavy atom. The zero-order valence-electron chi connectivity index (χ0n) is 8.00. The van der Waals surface area contributed by atoms with Gasteiger partial charge < -0.3 is 5.11 Å². The number of hydrogen-bond donors (Lipinski definition) is 1. The van der Waals surface area contributed by atoms with Crippen molar-refractivity contribution < 1.29 is 14.7 Å². The molecule has 0 saturated heterocycles. The Kier molecular flexibility index (Phi) is 4.10. The van der Waals surface area contributed by atoms with Gasteiger partial charge >= 0.3 is 0 Å². The van der Waals surface area contributed by atoms with Crippen molar-refractivity contribution in [3.05, 3.63) is 0 Å². The molecule has 0 radical (unpaired) electrons. The van der Waals surface area contributed by atoms with Crippen molar-refractivity contribution in [2.24, 2.45) is 11.8 Å². The summed E-state index contributed by atoms with van der Waals surface area (Å²) in [6.45, 7) is 6.35. The Morgan fingerprint density at radius 3 is 1.83 bits per heavy atom. The largest absolute Gasteiger partial charge is 0.385 e. The van der Waals surface area contributed by atoms with Crippen LogP contribution in [-0.4, -0.2) is 22.8 Å². The van der Waals surface area contributed by atoms with Crippen LogP contribution in [0.25, 0.3) is 0 Å². The van der Waals surface area contributed by atoms with Crippen LogP contribution in [0.1, 0.15) is 27.7 Å². The summed E-state index contributed by atoms with van der Waals surface area (Å²) in [4.78, 5) is 22.0. The molecule has 70 valence electrons. The van der Waals surface area contributed by atoms with Gasteiger partial charge in [-0.15, -0.1) is 0 Å². The smallest absolute Gasteiger partial charge is 0.164 e. The summed E-state index contributed by atoms with van der Waals surface area (Å²) in [7, 11) is 0. The number of carbonyl (C=O) groups is 2. The van der Waals surface area contributed by atoms with E-state index in [1.54, 1.807) is 20.8 Å². The Labute approximate surface area is 72.8 Å². The predicted octanol–water partition coefficient (Wildman–Crippen LogP) is 0.797. The molecule has 0 aromatic heterocycles. The minimum Gasteiger partial charge on any atom is -0.385 e. The van der Waals surface area contributed by atoms with Crippen molar-refractivity contribution in [2.45, 2.75) is 33.8 Å². The molecule has 0 fully saturated rings. The quantitative estimate of drug-likeness (QED) is 0.682. The molecule has 12 heavy (non-hydrogen) atoms. The molecular weight excluding hydrogens is 156 g/mol. The number of carbonyl (C=O) groups excluding carboxylic acids is 2. The monoisotopic (exact) mass is 172 g/mol.